The summed E-state index contributed by atoms with van der Waals surface area (Å²) in [5, 5.41) is 20.1. The van der Waals surface area contributed by atoms with E-state index >= 15 is 0 Å². The summed E-state index contributed by atoms with van der Waals surface area (Å²) in [6.07, 6.45) is 3.36. The van der Waals surface area contributed by atoms with Crippen LogP contribution < -0.4 is 0 Å². The van der Waals surface area contributed by atoms with Gasteiger partial charge in [-0.25, -0.2) is 0 Å². The van der Waals surface area contributed by atoms with Gasteiger partial charge in [-0.05, 0) is 122 Å². The topological polar surface area (TPSA) is 65.2 Å². The highest BCUT2D eigenvalue weighted by molar-refractivity contribution is 14.1. The Labute approximate surface area is 201 Å². The molecule has 4 nitrogen and oxygen atoms in total. The predicted molar refractivity (Wildman–Crippen MR) is 137 cm³/mol. The van der Waals surface area contributed by atoms with Gasteiger partial charge in [-0.2, -0.15) is 0 Å². The average Bonchev–Trinajstić information content (AvgIpc) is 2.53. The Morgan fingerprint density at radius 1 is 0.880 bits per heavy atom. The van der Waals surface area contributed by atoms with Gasteiger partial charge in [0.2, 0.25) is 0 Å². The Kier molecular flexibility index (Phi) is 8.65. The van der Waals surface area contributed by atoms with E-state index in [-0.39, 0.29) is 17.5 Å². The normalized spacial score (nSPS) is 13.0. The van der Waals surface area contributed by atoms with Gasteiger partial charge in [-0.3, -0.25) is 9.98 Å². The number of nitrogens with zero attached hydrogens (tertiary/aromatic N) is 2. The fraction of sp³-hybridized carbons (Fsp3) is 0.176. The second-order valence-electron chi connectivity index (χ2n) is 5.27. The third-order valence-electron chi connectivity index (χ3n) is 3.18. The van der Waals surface area contributed by atoms with Crippen LogP contribution in [0.1, 0.15) is 18.1 Å². The number of aromatic hydroxyl groups is 2. The van der Waals surface area contributed by atoms with Crippen LogP contribution in [0.25, 0.3) is 0 Å². The smallest absolute Gasteiger partial charge is 0.137 e. The van der Waals surface area contributed by atoms with Crippen molar-refractivity contribution in [2.75, 3.05) is 6.54 Å². The summed E-state index contributed by atoms with van der Waals surface area (Å²) in [6.45, 7) is 2.46. The summed E-state index contributed by atoms with van der Waals surface area (Å²) in [6, 6.07) is 7.58. The van der Waals surface area contributed by atoms with E-state index in [4.69, 9.17) is 0 Å². The highest BCUT2D eigenvalue weighted by atomic mass is 127. The molecule has 0 heterocycles. The summed E-state index contributed by atoms with van der Waals surface area (Å²) in [5.74, 6) is 0.498. The zero-order valence-electron chi connectivity index (χ0n) is 13.0. The van der Waals surface area contributed by atoms with Crippen molar-refractivity contribution in [2.24, 2.45) is 9.98 Å². The molecule has 0 amide bonds. The van der Waals surface area contributed by atoms with Crippen molar-refractivity contribution >= 4 is 103 Å². The number of halogens is 4. The number of phenolic OH excluding ortho intramolecular Hbond substituents is 2. The van der Waals surface area contributed by atoms with Crippen molar-refractivity contribution in [3.63, 3.8) is 0 Å². The van der Waals surface area contributed by atoms with Crippen molar-refractivity contribution in [3.05, 3.63) is 49.7 Å². The van der Waals surface area contributed by atoms with Gasteiger partial charge in [0, 0.05) is 30.7 Å². The van der Waals surface area contributed by atoms with E-state index in [9.17, 15) is 10.2 Å². The molecule has 2 rings (SSSR count). The maximum atomic E-state index is 10.1. The van der Waals surface area contributed by atoms with Gasteiger partial charge in [0.25, 0.3) is 0 Å². The molecular formula is C17H14I4N2O2. The molecule has 0 radical (unpaired) electrons. The fourth-order valence-electron chi connectivity index (χ4n) is 1.93. The van der Waals surface area contributed by atoms with Crippen molar-refractivity contribution in [1.29, 1.82) is 0 Å². The number of hydrogen-bond donors (Lipinski definition) is 2. The zero-order chi connectivity index (χ0) is 18.6. The van der Waals surface area contributed by atoms with Gasteiger partial charge in [-0.15, -0.1) is 0 Å². The molecule has 8 heteroatoms. The average molecular weight is 786 g/mol. The Morgan fingerprint density at radius 3 is 1.88 bits per heavy atom. The summed E-state index contributed by atoms with van der Waals surface area (Å²) < 4.78 is 3.72. The van der Waals surface area contributed by atoms with Crippen LogP contribution in [-0.2, 0) is 0 Å². The van der Waals surface area contributed by atoms with Crippen LogP contribution in [0.15, 0.2) is 34.3 Å². The molecular weight excluding hydrogens is 772 g/mol. The maximum Gasteiger partial charge on any atom is 0.137 e. The molecule has 1 unspecified atom stereocenters. The van der Waals surface area contributed by atoms with E-state index in [1.807, 2.05) is 31.2 Å². The van der Waals surface area contributed by atoms with Gasteiger partial charge in [0.15, 0.2) is 0 Å². The molecule has 0 aliphatic heterocycles. The minimum absolute atomic E-state index is 0.0322. The number of hydrogen-bond acceptors (Lipinski definition) is 4. The lowest BCUT2D eigenvalue weighted by molar-refractivity contribution is 0.470. The molecule has 2 N–H and O–H groups in total. The number of benzene rings is 2. The standard InChI is InChI=1S/C17H14I4N2O2/c1-9(23-8-11-3-13(19)5-15(21)17(11)25)6-22-7-10-2-12(18)4-14(20)16(10)24/h2-5,7-9,24-25H,6H2,1H3. The maximum absolute atomic E-state index is 10.1. The van der Waals surface area contributed by atoms with Crippen molar-refractivity contribution in [3.8, 4) is 11.5 Å². The second-order valence-corrected chi connectivity index (χ2v) is 10.1. The highest BCUT2D eigenvalue weighted by Crippen LogP contribution is 2.26. The molecule has 0 aliphatic rings. The van der Waals surface area contributed by atoms with Gasteiger partial charge in [0.05, 0.1) is 19.7 Å². The minimum atomic E-state index is -0.0322. The first-order valence-electron chi connectivity index (χ1n) is 7.17. The lowest BCUT2D eigenvalue weighted by Gasteiger charge is -2.06. The van der Waals surface area contributed by atoms with Gasteiger partial charge in [0.1, 0.15) is 11.5 Å². The summed E-state index contributed by atoms with van der Waals surface area (Å²) >= 11 is 8.64. The van der Waals surface area contributed by atoms with Crippen LogP contribution >= 0.6 is 90.4 Å². The van der Waals surface area contributed by atoms with E-state index in [1.165, 1.54) is 0 Å². The fourth-order valence-corrected chi connectivity index (χ4v) is 5.71. The summed E-state index contributed by atoms with van der Waals surface area (Å²) in [7, 11) is 0. The molecule has 2 aromatic carbocycles. The highest BCUT2D eigenvalue weighted by Gasteiger charge is 2.07. The lowest BCUT2D eigenvalue weighted by atomic mass is 10.2. The Hall–Kier alpha value is 0.300. The van der Waals surface area contributed by atoms with Gasteiger partial charge < -0.3 is 10.2 Å². The molecule has 0 aromatic heterocycles. The molecule has 25 heavy (non-hydrogen) atoms. The van der Waals surface area contributed by atoms with Crippen LogP contribution in [0.2, 0.25) is 0 Å². The number of rotatable bonds is 5. The van der Waals surface area contributed by atoms with E-state index in [0.717, 1.165) is 14.3 Å². The van der Waals surface area contributed by atoms with E-state index in [0.29, 0.717) is 17.7 Å². The van der Waals surface area contributed by atoms with E-state index in [2.05, 4.69) is 100 Å². The van der Waals surface area contributed by atoms with Crippen molar-refractivity contribution < 1.29 is 10.2 Å². The SMILES string of the molecule is CC(CN=Cc1cc(I)cc(I)c1O)N=Cc1cc(I)cc(I)c1O. The van der Waals surface area contributed by atoms with Crippen LogP contribution in [0.3, 0.4) is 0 Å². The van der Waals surface area contributed by atoms with Gasteiger partial charge >= 0.3 is 0 Å². The van der Waals surface area contributed by atoms with E-state index < -0.39 is 0 Å². The van der Waals surface area contributed by atoms with Crippen LogP contribution in [0.5, 0.6) is 11.5 Å². The first-order valence-corrected chi connectivity index (χ1v) is 11.5. The van der Waals surface area contributed by atoms with Crippen molar-refractivity contribution in [2.45, 2.75) is 13.0 Å². The Balaban J connectivity index is 2.05. The van der Waals surface area contributed by atoms with E-state index in [1.54, 1.807) is 12.4 Å². The Morgan fingerprint density at radius 2 is 1.36 bits per heavy atom. The van der Waals surface area contributed by atoms with Crippen LogP contribution in [-0.4, -0.2) is 35.2 Å². The molecule has 0 saturated carbocycles. The third-order valence-corrected chi connectivity index (χ3v) is 6.07. The second kappa shape index (κ2) is 10.0. The molecule has 2 aromatic rings. The monoisotopic (exact) mass is 786 g/mol. The quantitative estimate of drug-likeness (QED) is 0.314. The van der Waals surface area contributed by atoms with Crippen LogP contribution in [0.4, 0.5) is 0 Å². The van der Waals surface area contributed by atoms with Crippen LogP contribution in [0, 0.1) is 14.3 Å². The minimum Gasteiger partial charge on any atom is -0.506 e. The summed E-state index contributed by atoms with van der Waals surface area (Å²) in [4.78, 5) is 8.84. The van der Waals surface area contributed by atoms with Gasteiger partial charge in [-0.1, -0.05) is 0 Å². The number of aliphatic imine (C=N–C) groups is 2. The molecule has 132 valence electrons. The summed E-state index contributed by atoms with van der Waals surface area (Å²) in [5.41, 5.74) is 1.41. The largest absolute Gasteiger partial charge is 0.506 e. The predicted octanol–water partition coefficient (Wildman–Crippen LogP) is 5.44. The molecule has 0 saturated heterocycles. The molecule has 1 atom stereocenters. The first kappa shape index (κ1) is 21.6. The molecule has 0 bridgehead atoms. The number of phenols is 2. The molecule has 0 spiro atoms. The first-order chi connectivity index (χ1) is 11.8. The molecule has 0 aliphatic carbocycles. The Bertz CT molecular complexity index is 838. The van der Waals surface area contributed by atoms with Crippen molar-refractivity contribution in [1.82, 2.24) is 0 Å². The molecule has 0 fully saturated rings. The zero-order valence-corrected chi connectivity index (χ0v) is 21.7. The lowest BCUT2D eigenvalue weighted by Crippen LogP contribution is -2.04. The third kappa shape index (κ3) is 6.45.